The number of likely N-dealkylation sites (tertiary alicyclic amines) is 2. The molecule has 0 aromatic heterocycles. The Bertz CT molecular complexity index is 422. The topological polar surface area (TPSA) is 83.7 Å². The molecule has 2 rings (SSSR count). The van der Waals surface area contributed by atoms with Crippen LogP contribution in [0, 0.1) is 11.8 Å². The molecule has 0 unspecified atom stereocenters. The maximum Gasteiger partial charge on any atom is 0.236 e. The molecule has 0 saturated carbocycles. The molecule has 0 aliphatic carbocycles. The normalized spacial score (nSPS) is 21.0. The van der Waals surface area contributed by atoms with Gasteiger partial charge in [-0.1, -0.05) is 0 Å². The zero-order chi connectivity index (χ0) is 16.1. The van der Waals surface area contributed by atoms with Crippen LogP contribution in [0.3, 0.4) is 0 Å². The summed E-state index contributed by atoms with van der Waals surface area (Å²) in [6.45, 7) is 4.47. The number of nitrogens with two attached hydrogens (primary N) is 1. The molecule has 0 radical (unpaired) electrons. The van der Waals surface area contributed by atoms with Crippen molar-refractivity contribution < 1.29 is 14.4 Å². The predicted molar refractivity (Wildman–Crippen MR) is 83.0 cm³/mol. The van der Waals surface area contributed by atoms with Gasteiger partial charge in [-0.2, -0.15) is 0 Å². The number of ketones is 1. The highest BCUT2D eigenvalue weighted by molar-refractivity contribution is 5.81. The SMILES string of the molecule is CC(=O)CC1CCN(C(=O)C2CCN(C(=O)CN)CC2)CC1. The summed E-state index contributed by atoms with van der Waals surface area (Å²) in [6, 6.07) is 0. The van der Waals surface area contributed by atoms with Crippen LogP contribution in [0.1, 0.15) is 39.0 Å². The zero-order valence-corrected chi connectivity index (χ0v) is 13.4. The smallest absolute Gasteiger partial charge is 0.236 e. The summed E-state index contributed by atoms with van der Waals surface area (Å²) in [7, 11) is 0. The first-order chi connectivity index (χ1) is 10.5. The van der Waals surface area contributed by atoms with E-state index in [2.05, 4.69) is 0 Å². The van der Waals surface area contributed by atoms with Gasteiger partial charge in [0.25, 0.3) is 0 Å². The summed E-state index contributed by atoms with van der Waals surface area (Å²) in [6.07, 6.45) is 3.96. The number of nitrogens with zero attached hydrogens (tertiary/aromatic N) is 2. The van der Waals surface area contributed by atoms with Crippen molar-refractivity contribution in [2.45, 2.75) is 39.0 Å². The summed E-state index contributed by atoms with van der Waals surface area (Å²) in [4.78, 5) is 39.0. The van der Waals surface area contributed by atoms with Crippen molar-refractivity contribution >= 4 is 17.6 Å². The number of carbonyl (C=O) groups is 3. The maximum absolute atomic E-state index is 12.6. The third-order valence-electron chi connectivity index (χ3n) is 4.87. The first-order valence-corrected chi connectivity index (χ1v) is 8.27. The van der Waals surface area contributed by atoms with Gasteiger partial charge in [0.05, 0.1) is 6.54 Å². The van der Waals surface area contributed by atoms with E-state index in [-0.39, 0.29) is 30.1 Å². The lowest BCUT2D eigenvalue weighted by Crippen LogP contribution is -2.47. The minimum Gasteiger partial charge on any atom is -0.342 e. The second-order valence-electron chi connectivity index (χ2n) is 6.53. The fraction of sp³-hybridized carbons (Fsp3) is 0.812. The Labute approximate surface area is 132 Å². The number of Topliss-reactive ketones (excluding diaryl/α,β-unsaturated/α-hetero) is 1. The Hall–Kier alpha value is -1.43. The molecule has 22 heavy (non-hydrogen) atoms. The molecule has 2 saturated heterocycles. The summed E-state index contributed by atoms with van der Waals surface area (Å²) in [5.74, 6) is 0.899. The van der Waals surface area contributed by atoms with Gasteiger partial charge in [-0.15, -0.1) is 0 Å². The Kier molecular flexibility index (Phi) is 5.94. The zero-order valence-electron chi connectivity index (χ0n) is 13.4. The van der Waals surface area contributed by atoms with E-state index in [9.17, 15) is 14.4 Å². The number of piperidine rings is 2. The van der Waals surface area contributed by atoms with Gasteiger partial charge in [-0.3, -0.25) is 9.59 Å². The highest BCUT2D eigenvalue weighted by atomic mass is 16.2. The van der Waals surface area contributed by atoms with Crippen molar-refractivity contribution in [1.29, 1.82) is 0 Å². The fourth-order valence-electron chi connectivity index (χ4n) is 3.53. The molecule has 2 N–H and O–H groups in total. The average molecular weight is 309 g/mol. The number of amides is 2. The molecule has 0 bridgehead atoms. The number of carbonyl (C=O) groups excluding carboxylic acids is 3. The average Bonchev–Trinajstić information content (AvgIpc) is 2.54. The fourth-order valence-corrected chi connectivity index (χ4v) is 3.53. The van der Waals surface area contributed by atoms with Gasteiger partial charge in [0, 0.05) is 38.5 Å². The Balaban J connectivity index is 1.77. The van der Waals surface area contributed by atoms with Crippen molar-refractivity contribution in [3.8, 4) is 0 Å². The molecule has 6 heteroatoms. The van der Waals surface area contributed by atoms with Crippen molar-refractivity contribution in [3.05, 3.63) is 0 Å². The molecule has 0 aromatic rings. The first-order valence-electron chi connectivity index (χ1n) is 8.27. The van der Waals surface area contributed by atoms with Gasteiger partial charge in [0.1, 0.15) is 5.78 Å². The molecule has 0 atom stereocenters. The largest absolute Gasteiger partial charge is 0.342 e. The molecule has 2 heterocycles. The molecular weight excluding hydrogens is 282 g/mol. The number of hydrogen-bond donors (Lipinski definition) is 1. The van der Waals surface area contributed by atoms with E-state index in [1.807, 2.05) is 4.90 Å². The lowest BCUT2D eigenvalue weighted by Gasteiger charge is -2.37. The quantitative estimate of drug-likeness (QED) is 0.815. The molecule has 0 aromatic carbocycles. The van der Waals surface area contributed by atoms with E-state index >= 15 is 0 Å². The molecule has 2 aliphatic rings. The Morgan fingerprint density at radius 1 is 0.955 bits per heavy atom. The van der Waals surface area contributed by atoms with Crippen molar-refractivity contribution in [2.24, 2.45) is 17.6 Å². The van der Waals surface area contributed by atoms with Crippen LogP contribution in [0.15, 0.2) is 0 Å². The molecule has 6 nitrogen and oxygen atoms in total. The van der Waals surface area contributed by atoms with Crippen molar-refractivity contribution in [2.75, 3.05) is 32.7 Å². The van der Waals surface area contributed by atoms with Gasteiger partial charge in [0.15, 0.2) is 0 Å². The second kappa shape index (κ2) is 7.72. The van der Waals surface area contributed by atoms with E-state index in [1.165, 1.54) is 0 Å². The van der Waals surface area contributed by atoms with Crippen LogP contribution in [0.4, 0.5) is 0 Å². The third kappa shape index (κ3) is 4.29. The third-order valence-corrected chi connectivity index (χ3v) is 4.87. The van der Waals surface area contributed by atoms with E-state index in [1.54, 1.807) is 11.8 Å². The first kappa shape index (κ1) is 16.9. The van der Waals surface area contributed by atoms with Crippen molar-refractivity contribution in [1.82, 2.24) is 9.80 Å². The maximum atomic E-state index is 12.6. The van der Waals surface area contributed by atoms with Gasteiger partial charge in [-0.05, 0) is 38.5 Å². The van der Waals surface area contributed by atoms with E-state index in [0.717, 1.165) is 38.8 Å². The molecule has 2 fully saturated rings. The van der Waals surface area contributed by atoms with Crippen LogP contribution in [0.2, 0.25) is 0 Å². The highest BCUT2D eigenvalue weighted by Gasteiger charge is 2.31. The van der Waals surface area contributed by atoms with Crippen LogP contribution in [0.5, 0.6) is 0 Å². The predicted octanol–water partition coefficient (Wildman–Crippen LogP) is 0.401. The standard InChI is InChI=1S/C16H27N3O3/c1-12(20)10-13-2-6-19(7-3-13)16(22)14-4-8-18(9-5-14)15(21)11-17/h13-14H,2-11,17H2,1H3. The Morgan fingerprint density at radius 2 is 1.50 bits per heavy atom. The minimum absolute atomic E-state index is 0.0315. The lowest BCUT2D eigenvalue weighted by atomic mass is 9.90. The van der Waals surface area contributed by atoms with Crippen LogP contribution < -0.4 is 5.73 Å². The monoisotopic (exact) mass is 309 g/mol. The van der Waals surface area contributed by atoms with E-state index in [4.69, 9.17) is 5.73 Å². The summed E-state index contributed by atoms with van der Waals surface area (Å²) >= 11 is 0. The molecular formula is C16H27N3O3. The Morgan fingerprint density at radius 3 is 2.00 bits per heavy atom. The summed E-state index contributed by atoms with van der Waals surface area (Å²) < 4.78 is 0. The molecule has 0 spiro atoms. The molecule has 124 valence electrons. The van der Waals surface area contributed by atoms with Gasteiger partial charge < -0.3 is 20.3 Å². The summed E-state index contributed by atoms with van der Waals surface area (Å²) in [5.41, 5.74) is 5.37. The van der Waals surface area contributed by atoms with Crippen LogP contribution >= 0.6 is 0 Å². The van der Waals surface area contributed by atoms with Crippen LogP contribution in [-0.4, -0.2) is 60.1 Å². The van der Waals surface area contributed by atoms with Crippen LogP contribution in [0.25, 0.3) is 0 Å². The number of hydrogen-bond acceptors (Lipinski definition) is 4. The van der Waals surface area contributed by atoms with Crippen molar-refractivity contribution in [3.63, 3.8) is 0 Å². The van der Waals surface area contributed by atoms with Crippen LogP contribution in [-0.2, 0) is 14.4 Å². The highest BCUT2D eigenvalue weighted by Crippen LogP contribution is 2.25. The lowest BCUT2D eigenvalue weighted by molar-refractivity contribution is -0.141. The molecule has 2 amide bonds. The second-order valence-corrected chi connectivity index (χ2v) is 6.53. The van der Waals surface area contributed by atoms with Gasteiger partial charge >= 0.3 is 0 Å². The minimum atomic E-state index is -0.0315. The van der Waals surface area contributed by atoms with E-state index < -0.39 is 0 Å². The summed E-state index contributed by atoms with van der Waals surface area (Å²) in [5, 5.41) is 0. The van der Waals surface area contributed by atoms with Gasteiger partial charge in [-0.25, -0.2) is 0 Å². The number of rotatable bonds is 4. The van der Waals surface area contributed by atoms with Gasteiger partial charge in [0.2, 0.25) is 11.8 Å². The van der Waals surface area contributed by atoms with E-state index in [0.29, 0.717) is 25.4 Å². The molecule has 2 aliphatic heterocycles.